The topological polar surface area (TPSA) is 81.7 Å². The smallest absolute Gasteiger partial charge is 0.224 e. The normalized spacial score (nSPS) is 10.5. The maximum Gasteiger partial charge on any atom is 0.224 e. The Morgan fingerprint density at radius 1 is 1.41 bits per heavy atom. The van der Waals surface area contributed by atoms with Crippen molar-refractivity contribution in [3.8, 4) is 5.82 Å². The van der Waals surface area contributed by atoms with E-state index < -0.39 is 0 Å². The number of aryl methyl sites for hydroxylation is 1. The van der Waals surface area contributed by atoms with Crippen LogP contribution in [-0.2, 0) is 0 Å². The molecule has 0 saturated heterocycles. The number of hydrogen-bond donors (Lipinski definition) is 2. The highest BCUT2D eigenvalue weighted by Gasteiger charge is 2.04. The lowest BCUT2D eigenvalue weighted by Crippen LogP contribution is -2.08. The molecule has 0 unspecified atom stereocenters. The van der Waals surface area contributed by atoms with E-state index in [1.54, 1.807) is 10.9 Å². The van der Waals surface area contributed by atoms with Crippen molar-refractivity contribution in [2.75, 3.05) is 17.6 Å². The van der Waals surface area contributed by atoms with Gasteiger partial charge in [-0.2, -0.15) is 15.1 Å². The predicted octanol–water partition coefficient (Wildman–Crippen LogP) is 1.37. The van der Waals surface area contributed by atoms with E-state index in [0.717, 1.165) is 24.3 Å². The van der Waals surface area contributed by atoms with Crippen molar-refractivity contribution in [1.82, 2.24) is 19.7 Å². The van der Waals surface area contributed by atoms with Gasteiger partial charge >= 0.3 is 0 Å². The minimum atomic E-state index is 0.245. The first-order valence-electron chi connectivity index (χ1n) is 5.59. The van der Waals surface area contributed by atoms with Crippen molar-refractivity contribution in [2.45, 2.75) is 20.3 Å². The Balaban J connectivity index is 2.31. The summed E-state index contributed by atoms with van der Waals surface area (Å²) in [4.78, 5) is 8.27. The van der Waals surface area contributed by atoms with Crippen molar-refractivity contribution in [3.63, 3.8) is 0 Å². The molecule has 2 heterocycles. The molecule has 0 aliphatic rings. The molecule has 6 nitrogen and oxygen atoms in total. The summed E-state index contributed by atoms with van der Waals surface area (Å²) in [7, 11) is 0. The molecule has 0 spiro atoms. The van der Waals surface area contributed by atoms with Crippen LogP contribution < -0.4 is 11.1 Å². The van der Waals surface area contributed by atoms with Gasteiger partial charge in [0.05, 0.1) is 6.20 Å². The van der Waals surface area contributed by atoms with Crippen molar-refractivity contribution in [3.05, 3.63) is 24.0 Å². The van der Waals surface area contributed by atoms with E-state index in [1.807, 2.05) is 19.2 Å². The molecule has 0 aromatic carbocycles. The van der Waals surface area contributed by atoms with Crippen LogP contribution in [0.3, 0.4) is 0 Å². The van der Waals surface area contributed by atoms with E-state index >= 15 is 0 Å². The van der Waals surface area contributed by atoms with Crippen molar-refractivity contribution < 1.29 is 0 Å². The van der Waals surface area contributed by atoms with Crippen LogP contribution in [0.1, 0.15) is 18.9 Å². The van der Waals surface area contributed by atoms with E-state index in [4.69, 9.17) is 5.73 Å². The van der Waals surface area contributed by atoms with Gasteiger partial charge in [0.1, 0.15) is 5.82 Å². The Hall–Kier alpha value is -2.11. The molecule has 6 heteroatoms. The first kappa shape index (κ1) is 11.4. The fraction of sp³-hybridized carbons (Fsp3) is 0.364. The zero-order valence-corrected chi connectivity index (χ0v) is 10.0. The molecule has 0 bridgehead atoms. The number of nitrogens with one attached hydrogen (secondary N) is 1. The van der Waals surface area contributed by atoms with E-state index in [9.17, 15) is 0 Å². The van der Waals surface area contributed by atoms with Crippen LogP contribution in [-0.4, -0.2) is 26.3 Å². The second-order valence-corrected chi connectivity index (χ2v) is 3.86. The van der Waals surface area contributed by atoms with Crippen molar-refractivity contribution >= 4 is 11.8 Å². The van der Waals surface area contributed by atoms with Gasteiger partial charge in [0.2, 0.25) is 5.95 Å². The Bertz CT molecular complexity index is 504. The number of hydrogen-bond acceptors (Lipinski definition) is 5. The van der Waals surface area contributed by atoms with E-state index in [2.05, 4.69) is 27.3 Å². The molecular formula is C11H16N6. The van der Waals surface area contributed by atoms with Gasteiger partial charge in [-0.05, 0) is 18.9 Å². The molecule has 0 aliphatic heterocycles. The highest BCUT2D eigenvalue weighted by molar-refractivity contribution is 5.45. The van der Waals surface area contributed by atoms with Crippen molar-refractivity contribution in [2.24, 2.45) is 0 Å². The standard InChI is InChI=1S/C11H16N6/c1-3-4-13-9-5-10(16-11(12)15-9)17-7-8(2)6-14-17/h5-7H,3-4H2,1-2H3,(H3,12,13,15,16). The van der Waals surface area contributed by atoms with Gasteiger partial charge in [-0.15, -0.1) is 0 Å². The maximum atomic E-state index is 5.67. The summed E-state index contributed by atoms with van der Waals surface area (Å²) in [5, 5.41) is 7.37. The lowest BCUT2D eigenvalue weighted by Gasteiger charge is -2.07. The van der Waals surface area contributed by atoms with Crippen LogP contribution >= 0.6 is 0 Å². The predicted molar refractivity (Wildman–Crippen MR) is 67.1 cm³/mol. The van der Waals surface area contributed by atoms with E-state index in [0.29, 0.717) is 5.82 Å². The summed E-state index contributed by atoms with van der Waals surface area (Å²) in [6.07, 6.45) is 4.70. The number of nitrogen functional groups attached to an aromatic ring is 1. The van der Waals surface area contributed by atoms with Crippen LogP contribution in [0, 0.1) is 6.92 Å². The molecule has 90 valence electrons. The van der Waals surface area contributed by atoms with Gasteiger partial charge in [-0.25, -0.2) is 4.68 Å². The van der Waals surface area contributed by atoms with Gasteiger partial charge in [0.15, 0.2) is 5.82 Å². The molecule has 0 amide bonds. The summed E-state index contributed by atoms with van der Waals surface area (Å²) in [6, 6.07) is 1.83. The SMILES string of the molecule is CCCNc1cc(-n2cc(C)cn2)nc(N)n1. The average molecular weight is 232 g/mol. The third-order valence-electron chi connectivity index (χ3n) is 2.23. The third-order valence-corrected chi connectivity index (χ3v) is 2.23. The Morgan fingerprint density at radius 2 is 2.24 bits per heavy atom. The molecule has 0 saturated carbocycles. The van der Waals surface area contributed by atoms with Crippen LogP contribution in [0.2, 0.25) is 0 Å². The minimum Gasteiger partial charge on any atom is -0.370 e. The summed E-state index contributed by atoms with van der Waals surface area (Å²) in [5.41, 5.74) is 6.75. The number of rotatable bonds is 4. The van der Waals surface area contributed by atoms with Crippen molar-refractivity contribution in [1.29, 1.82) is 0 Å². The second-order valence-electron chi connectivity index (χ2n) is 3.86. The zero-order valence-electron chi connectivity index (χ0n) is 10.0. The fourth-order valence-corrected chi connectivity index (χ4v) is 1.45. The number of nitrogens with zero attached hydrogens (tertiary/aromatic N) is 4. The van der Waals surface area contributed by atoms with E-state index in [-0.39, 0.29) is 5.95 Å². The summed E-state index contributed by atoms with van der Waals surface area (Å²) in [5.74, 6) is 1.64. The van der Waals surface area contributed by atoms with Gasteiger partial charge in [-0.3, -0.25) is 0 Å². The highest BCUT2D eigenvalue weighted by atomic mass is 15.3. The first-order valence-corrected chi connectivity index (χ1v) is 5.59. The summed E-state index contributed by atoms with van der Waals surface area (Å²) in [6.45, 7) is 4.92. The molecule has 0 fully saturated rings. The van der Waals surface area contributed by atoms with Crippen LogP contribution in [0.4, 0.5) is 11.8 Å². The lowest BCUT2D eigenvalue weighted by atomic mass is 10.4. The molecule has 2 aromatic rings. The first-order chi connectivity index (χ1) is 8.19. The number of aromatic nitrogens is 4. The quantitative estimate of drug-likeness (QED) is 0.832. The van der Waals surface area contributed by atoms with Gasteiger partial charge < -0.3 is 11.1 Å². The second kappa shape index (κ2) is 4.82. The number of nitrogens with two attached hydrogens (primary N) is 1. The van der Waals surface area contributed by atoms with Crippen LogP contribution in [0.25, 0.3) is 5.82 Å². The third kappa shape index (κ3) is 2.72. The Labute approximate surface area is 99.9 Å². The Kier molecular flexibility index (Phi) is 3.22. The zero-order chi connectivity index (χ0) is 12.3. The monoisotopic (exact) mass is 232 g/mol. The van der Waals surface area contributed by atoms with Crippen LogP contribution in [0.15, 0.2) is 18.5 Å². The molecule has 3 N–H and O–H groups in total. The minimum absolute atomic E-state index is 0.245. The lowest BCUT2D eigenvalue weighted by molar-refractivity contribution is 0.841. The molecule has 17 heavy (non-hydrogen) atoms. The van der Waals surface area contributed by atoms with E-state index in [1.165, 1.54) is 0 Å². The molecule has 2 rings (SSSR count). The average Bonchev–Trinajstić information content (AvgIpc) is 2.72. The Morgan fingerprint density at radius 3 is 2.88 bits per heavy atom. The molecule has 2 aromatic heterocycles. The maximum absolute atomic E-state index is 5.67. The van der Waals surface area contributed by atoms with Gasteiger partial charge in [-0.1, -0.05) is 6.92 Å². The summed E-state index contributed by atoms with van der Waals surface area (Å²) < 4.78 is 1.69. The molecule has 0 aliphatic carbocycles. The van der Waals surface area contributed by atoms with Crippen LogP contribution in [0.5, 0.6) is 0 Å². The highest BCUT2D eigenvalue weighted by Crippen LogP contribution is 2.12. The molecule has 0 atom stereocenters. The molecular weight excluding hydrogens is 216 g/mol. The fourth-order valence-electron chi connectivity index (χ4n) is 1.45. The van der Waals surface area contributed by atoms with Gasteiger partial charge in [0.25, 0.3) is 0 Å². The largest absolute Gasteiger partial charge is 0.370 e. The van der Waals surface area contributed by atoms with Gasteiger partial charge in [0, 0.05) is 18.8 Å². The molecule has 0 radical (unpaired) electrons. The summed E-state index contributed by atoms with van der Waals surface area (Å²) >= 11 is 0. The number of anilines is 2.